The van der Waals surface area contributed by atoms with Crippen molar-refractivity contribution in [2.45, 2.75) is 59.0 Å². The van der Waals surface area contributed by atoms with Gasteiger partial charge in [0.05, 0.1) is 4.47 Å². The molecule has 0 aliphatic carbocycles. The maximum atomic E-state index is 6.22. The number of rotatable bonds is 14. The van der Waals surface area contributed by atoms with E-state index in [-0.39, 0.29) is 0 Å². The molecule has 3 aromatic carbocycles. The van der Waals surface area contributed by atoms with Crippen molar-refractivity contribution in [1.29, 1.82) is 0 Å². The summed E-state index contributed by atoms with van der Waals surface area (Å²) < 4.78 is 25.4. The van der Waals surface area contributed by atoms with E-state index in [0.717, 1.165) is 51.9 Å². The van der Waals surface area contributed by atoms with Crippen molar-refractivity contribution in [1.82, 2.24) is 0 Å². The molecular formula is C29H35BrO4. The molecule has 0 fully saturated rings. The SMILES string of the molecule is CCOC(CC)(CCc1cc(OCc2ccccc2)cc(OCc2ccccc2)c1Br)OCC. The van der Waals surface area contributed by atoms with Crippen LogP contribution in [0, 0.1) is 0 Å². The van der Waals surface area contributed by atoms with E-state index < -0.39 is 5.79 Å². The summed E-state index contributed by atoms with van der Waals surface area (Å²) in [4.78, 5) is 0. The average Bonchev–Trinajstić information content (AvgIpc) is 2.87. The van der Waals surface area contributed by atoms with Crippen molar-refractivity contribution in [3.05, 3.63) is 94.0 Å². The van der Waals surface area contributed by atoms with Gasteiger partial charge < -0.3 is 18.9 Å². The van der Waals surface area contributed by atoms with Gasteiger partial charge in [-0.1, -0.05) is 67.6 Å². The van der Waals surface area contributed by atoms with Crippen LogP contribution in [0.5, 0.6) is 11.5 Å². The lowest BCUT2D eigenvalue weighted by molar-refractivity contribution is -0.238. The summed E-state index contributed by atoms with van der Waals surface area (Å²) in [7, 11) is 0. The van der Waals surface area contributed by atoms with E-state index in [2.05, 4.69) is 53.2 Å². The summed E-state index contributed by atoms with van der Waals surface area (Å²) in [5, 5.41) is 0. The van der Waals surface area contributed by atoms with E-state index in [1.54, 1.807) is 0 Å². The molecular weight excluding hydrogens is 492 g/mol. The van der Waals surface area contributed by atoms with Gasteiger partial charge in [0, 0.05) is 25.7 Å². The largest absolute Gasteiger partial charge is 0.489 e. The number of aryl methyl sites for hydroxylation is 1. The Kier molecular flexibility index (Phi) is 10.4. The Morgan fingerprint density at radius 2 is 1.29 bits per heavy atom. The minimum atomic E-state index is -0.588. The van der Waals surface area contributed by atoms with Crippen LogP contribution in [0.4, 0.5) is 0 Å². The van der Waals surface area contributed by atoms with Gasteiger partial charge in [-0.3, -0.25) is 0 Å². The third kappa shape index (κ3) is 7.59. The van der Waals surface area contributed by atoms with Crippen molar-refractivity contribution in [3.8, 4) is 11.5 Å². The molecule has 0 N–H and O–H groups in total. The fourth-order valence-corrected chi connectivity index (χ4v) is 4.43. The molecule has 0 bridgehead atoms. The summed E-state index contributed by atoms with van der Waals surface area (Å²) in [6.07, 6.45) is 2.29. The predicted molar refractivity (Wildman–Crippen MR) is 140 cm³/mol. The fourth-order valence-electron chi connectivity index (χ4n) is 3.89. The lowest BCUT2D eigenvalue weighted by Gasteiger charge is -2.32. The topological polar surface area (TPSA) is 36.9 Å². The molecule has 34 heavy (non-hydrogen) atoms. The van der Waals surface area contributed by atoms with Crippen LogP contribution in [-0.4, -0.2) is 19.0 Å². The molecule has 0 saturated carbocycles. The highest BCUT2D eigenvalue weighted by Gasteiger charge is 2.29. The van der Waals surface area contributed by atoms with Crippen LogP contribution in [0.25, 0.3) is 0 Å². The first kappa shape index (κ1) is 26.3. The van der Waals surface area contributed by atoms with E-state index in [4.69, 9.17) is 18.9 Å². The highest BCUT2D eigenvalue weighted by molar-refractivity contribution is 9.10. The molecule has 0 spiro atoms. The maximum Gasteiger partial charge on any atom is 0.168 e. The quantitative estimate of drug-likeness (QED) is 0.201. The third-order valence-corrected chi connectivity index (χ3v) is 6.60. The first-order valence-electron chi connectivity index (χ1n) is 12.0. The molecule has 0 aromatic heterocycles. The first-order chi connectivity index (χ1) is 16.6. The Hall–Kier alpha value is -2.34. The zero-order valence-corrected chi connectivity index (χ0v) is 22.0. The van der Waals surface area contributed by atoms with Crippen LogP contribution in [0.1, 0.15) is 50.3 Å². The summed E-state index contributed by atoms with van der Waals surface area (Å²) in [5.74, 6) is 0.953. The summed E-state index contributed by atoms with van der Waals surface area (Å²) in [5.41, 5.74) is 3.34. The lowest BCUT2D eigenvalue weighted by Crippen LogP contribution is -2.36. The van der Waals surface area contributed by atoms with Crippen molar-refractivity contribution in [2.24, 2.45) is 0 Å². The molecule has 4 nitrogen and oxygen atoms in total. The second-order valence-electron chi connectivity index (χ2n) is 8.07. The van der Waals surface area contributed by atoms with Gasteiger partial charge >= 0.3 is 0 Å². The van der Waals surface area contributed by atoms with Gasteiger partial charge in [-0.25, -0.2) is 0 Å². The molecule has 3 rings (SSSR count). The smallest absolute Gasteiger partial charge is 0.168 e. The number of ether oxygens (including phenoxy) is 4. The van der Waals surface area contributed by atoms with Gasteiger partial charge in [0.25, 0.3) is 0 Å². The number of hydrogen-bond acceptors (Lipinski definition) is 4. The molecule has 3 aromatic rings. The zero-order chi connectivity index (χ0) is 24.2. The third-order valence-electron chi connectivity index (χ3n) is 5.70. The van der Waals surface area contributed by atoms with Gasteiger partial charge in [0.2, 0.25) is 0 Å². The normalized spacial score (nSPS) is 11.4. The van der Waals surface area contributed by atoms with E-state index in [1.165, 1.54) is 0 Å². The minimum absolute atomic E-state index is 0.484. The highest BCUT2D eigenvalue weighted by Crippen LogP contribution is 2.37. The highest BCUT2D eigenvalue weighted by atomic mass is 79.9. The van der Waals surface area contributed by atoms with Crippen LogP contribution in [0.15, 0.2) is 77.3 Å². The van der Waals surface area contributed by atoms with Crippen LogP contribution in [0.3, 0.4) is 0 Å². The van der Waals surface area contributed by atoms with E-state index in [9.17, 15) is 0 Å². The predicted octanol–water partition coefficient (Wildman–Crippen LogP) is 7.72. The van der Waals surface area contributed by atoms with E-state index >= 15 is 0 Å². The lowest BCUT2D eigenvalue weighted by atomic mass is 10.0. The van der Waals surface area contributed by atoms with Crippen LogP contribution < -0.4 is 9.47 Å². The number of hydrogen-bond donors (Lipinski definition) is 0. The van der Waals surface area contributed by atoms with Crippen molar-refractivity contribution < 1.29 is 18.9 Å². The molecule has 182 valence electrons. The van der Waals surface area contributed by atoms with E-state index in [1.807, 2.05) is 56.3 Å². The summed E-state index contributed by atoms with van der Waals surface area (Å²) in [6, 6.07) is 24.4. The molecule has 0 saturated heterocycles. The number of benzene rings is 3. The molecule has 0 aliphatic heterocycles. The molecule has 0 heterocycles. The fraction of sp³-hybridized carbons (Fsp3) is 0.379. The Morgan fingerprint density at radius 1 is 0.735 bits per heavy atom. The molecule has 0 radical (unpaired) electrons. The van der Waals surface area contributed by atoms with Crippen LogP contribution in [0.2, 0.25) is 0 Å². The average molecular weight is 527 g/mol. The van der Waals surface area contributed by atoms with Gasteiger partial charge in [0.15, 0.2) is 5.79 Å². The standard InChI is InChI=1S/C29H35BrO4/c1-4-29(33-5-2,34-6-3)18-17-25-19-26(31-21-23-13-9-7-10-14-23)20-27(28(25)30)32-22-24-15-11-8-12-16-24/h7-16,19-20H,4-6,17-18,21-22H2,1-3H3. The van der Waals surface area contributed by atoms with Crippen molar-refractivity contribution in [3.63, 3.8) is 0 Å². The van der Waals surface area contributed by atoms with Gasteiger partial charge in [-0.2, -0.15) is 0 Å². The Labute approximate surface area is 212 Å². The summed E-state index contributed by atoms with van der Waals surface area (Å²) >= 11 is 3.79. The Morgan fingerprint density at radius 3 is 1.82 bits per heavy atom. The molecule has 0 atom stereocenters. The Bertz CT molecular complexity index is 986. The van der Waals surface area contributed by atoms with E-state index in [0.29, 0.717) is 26.4 Å². The van der Waals surface area contributed by atoms with Gasteiger partial charge in [-0.15, -0.1) is 0 Å². The molecule has 0 aliphatic rings. The zero-order valence-electron chi connectivity index (χ0n) is 20.4. The molecule has 5 heteroatoms. The van der Waals surface area contributed by atoms with Gasteiger partial charge in [0.1, 0.15) is 24.7 Å². The van der Waals surface area contributed by atoms with Crippen molar-refractivity contribution >= 4 is 15.9 Å². The Balaban J connectivity index is 1.83. The molecule has 0 unspecified atom stereocenters. The second kappa shape index (κ2) is 13.5. The minimum Gasteiger partial charge on any atom is -0.489 e. The first-order valence-corrected chi connectivity index (χ1v) is 12.8. The van der Waals surface area contributed by atoms with Crippen LogP contribution >= 0.6 is 15.9 Å². The van der Waals surface area contributed by atoms with Crippen molar-refractivity contribution in [2.75, 3.05) is 13.2 Å². The maximum absolute atomic E-state index is 6.22. The monoisotopic (exact) mass is 526 g/mol. The molecule has 0 amide bonds. The second-order valence-corrected chi connectivity index (χ2v) is 8.87. The van der Waals surface area contributed by atoms with Crippen LogP contribution in [-0.2, 0) is 29.1 Å². The number of halogens is 1. The summed E-state index contributed by atoms with van der Waals surface area (Å²) in [6.45, 7) is 8.32. The van der Waals surface area contributed by atoms with Gasteiger partial charge in [-0.05, 0) is 65.4 Å².